The summed E-state index contributed by atoms with van der Waals surface area (Å²) in [6.07, 6.45) is 2.34. The van der Waals surface area contributed by atoms with Crippen LogP contribution < -0.4 is 5.32 Å². The van der Waals surface area contributed by atoms with E-state index in [4.69, 9.17) is 4.74 Å². The Kier molecular flexibility index (Phi) is 4.82. The van der Waals surface area contributed by atoms with Crippen LogP contribution in [0.5, 0.6) is 0 Å². The first kappa shape index (κ1) is 12.6. The Labute approximate surface area is 110 Å². The van der Waals surface area contributed by atoms with Gasteiger partial charge in [0.25, 0.3) is 0 Å². The first-order valence-corrected chi connectivity index (χ1v) is 7.59. The Morgan fingerprint density at radius 2 is 2.50 bits per heavy atom. The van der Waals surface area contributed by atoms with E-state index < -0.39 is 0 Å². The molecule has 0 radical (unpaired) electrons. The minimum absolute atomic E-state index is 0.447. The highest BCUT2D eigenvalue weighted by Gasteiger charge is 2.28. The van der Waals surface area contributed by atoms with Crippen molar-refractivity contribution < 1.29 is 4.74 Å². The molecular formula is C12H18BrNOS. The van der Waals surface area contributed by atoms with Crippen molar-refractivity contribution in [2.45, 2.75) is 25.8 Å². The molecule has 2 atom stereocenters. The van der Waals surface area contributed by atoms with Gasteiger partial charge in [-0.25, -0.2) is 0 Å². The van der Waals surface area contributed by atoms with Crippen molar-refractivity contribution in [3.63, 3.8) is 0 Å². The highest BCUT2D eigenvalue weighted by atomic mass is 79.9. The van der Waals surface area contributed by atoms with Gasteiger partial charge in [0.05, 0.1) is 6.61 Å². The number of thiophene rings is 1. The van der Waals surface area contributed by atoms with Gasteiger partial charge in [-0.1, -0.05) is 6.92 Å². The minimum Gasteiger partial charge on any atom is -0.381 e. The zero-order valence-corrected chi connectivity index (χ0v) is 11.9. The van der Waals surface area contributed by atoms with Crippen LogP contribution in [0.25, 0.3) is 0 Å². The molecule has 1 aromatic heterocycles. The monoisotopic (exact) mass is 303 g/mol. The van der Waals surface area contributed by atoms with Gasteiger partial charge in [0.15, 0.2) is 0 Å². The molecule has 16 heavy (non-hydrogen) atoms. The van der Waals surface area contributed by atoms with Gasteiger partial charge >= 0.3 is 0 Å². The standard InChI is InChI=1S/C12H18BrNOS/c1-2-4-14-12(9-3-5-15-6-9)10-7-16-8-11(10)13/h7-9,12,14H,2-6H2,1H3. The maximum Gasteiger partial charge on any atom is 0.0513 e. The van der Waals surface area contributed by atoms with Crippen LogP contribution >= 0.6 is 27.3 Å². The Balaban J connectivity index is 2.10. The van der Waals surface area contributed by atoms with Crippen molar-refractivity contribution in [1.29, 1.82) is 0 Å². The van der Waals surface area contributed by atoms with Crippen LogP contribution in [0.15, 0.2) is 15.2 Å². The van der Waals surface area contributed by atoms with E-state index >= 15 is 0 Å². The molecule has 1 saturated heterocycles. The molecule has 0 aromatic carbocycles. The summed E-state index contributed by atoms with van der Waals surface area (Å²) in [6.45, 7) is 5.09. The highest BCUT2D eigenvalue weighted by Crippen LogP contribution is 2.35. The van der Waals surface area contributed by atoms with E-state index in [2.05, 4.69) is 38.9 Å². The fourth-order valence-corrected chi connectivity index (χ4v) is 3.74. The van der Waals surface area contributed by atoms with Gasteiger partial charge in [-0.05, 0) is 46.3 Å². The van der Waals surface area contributed by atoms with Crippen molar-refractivity contribution in [1.82, 2.24) is 5.32 Å². The second-order valence-electron chi connectivity index (χ2n) is 4.23. The number of rotatable bonds is 5. The smallest absolute Gasteiger partial charge is 0.0513 e. The van der Waals surface area contributed by atoms with Gasteiger partial charge in [-0.15, -0.1) is 0 Å². The highest BCUT2D eigenvalue weighted by molar-refractivity contribution is 9.10. The van der Waals surface area contributed by atoms with E-state index in [0.717, 1.165) is 19.8 Å². The summed E-state index contributed by atoms with van der Waals surface area (Å²) in [5.41, 5.74) is 1.40. The molecule has 0 aliphatic carbocycles. The minimum atomic E-state index is 0.447. The molecule has 0 amide bonds. The third kappa shape index (κ3) is 2.86. The van der Waals surface area contributed by atoms with Crippen molar-refractivity contribution in [3.8, 4) is 0 Å². The summed E-state index contributed by atoms with van der Waals surface area (Å²) in [5.74, 6) is 0.623. The molecule has 0 spiro atoms. The van der Waals surface area contributed by atoms with E-state index in [1.165, 1.54) is 22.9 Å². The molecule has 1 N–H and O–H groups in total. The summed E-state index contributed by atoms with van der Waals surface area (Å²) in [4.78, 5) is 0. The molecular weight excluding hydrogens is 286 g/mol. The Hall–Kier alpha value is 0.1000. The lowest BCUT2D eigenvalue weighted by atomic mass is 9.94. The lowest BCUT2D eigenvalue weighted by Crippen LogP contribution is -2.29. The quantitative estimate of drug-likeness (QED) is 0.897. The first-order chi connectivity index (χ1) is 7.83. The number of ether oxygens (including phenoxy) is 1. The zero-order chi connectivity index (χ0) is 11.4. The number of hydrogen-bond acceptors (Lipinski definition) is 3. The van der Waals surface area contributed by atoms with Gasteiger partial charge in [-0.3, -0.25) is 0 Å². The molecule has 1 aromatic rings. The van der Waals surface area contributed by atoms with Crippen molar-refractivity contribution in [2.75, 3.05) is 19.8 Å². The van der Waals surface area contributed by atoms with E-state index in [9.17, 15) is 0 Å². The molecule has 0 bridgehead atoms. The first-order valence-electron chi connectivity index (χ1n) is 5.85. The van der Waals surface area contributed by atoms with Gasteiger partial charge < -0.3 is 10.1 Å². The molecule has 2 unspecified atom stereocenters. The van der Waals surface area contributed by atoms with Crippen LogP contribution in [0.4, 0.5) is 0 Å². The lowest BCUT2D eigenvalue weighted by Gasteiger charge is -2.23. The van der Waals surface area contributed by atoms with Crippen molar-refractivity contribution in [3.05, 3.63) is 20.8 Å². The third-order valence-corrected chi connectivity index (χ3v) is 4.78. The maximum atomic E-state index is 5.50. The maximum absolute atomic E-state index is 5.50. The SMILES string of the molecule is CCCNC(c1cscc1Br)C1CCOC1. The number of halogens is 1. The summed E-state index contributed by atoms with van der Waals surface area (Å²) >= 11 is 5.39. The summed E-state index contributed by atoms with van der Waals surface area (Å²) in [6, 6.07) is 0.447. The Bertz CT molecular complexity index is 323. The molecule has 1 aliphatic rings. The van der Waals surface area contributed by atoms with Gasteiger partial charge in [-0.2, -0.15) is 11.3 Å². The fraction of sp³-hybridized carbons (Fsp3) is 0.667. The average Bonchev–Trinajstić information content (AvgIpc) is 2.91. The molecule has 2 rings (SSSR count). The predicted octanol–water partition coefficient (Wildman–Crippen LogP) is 3.59. The summed E-state index contributed by atoms with van der Waals surface area (Å²) < 4.78 is 6.74. The third-order valence-electron chi connectivity index (χ3n) is 3.03. The molecule has 2 nitrogen and oxygen atoms in total. The summed E-state index contributed by atoms with van der Waals surface area (Å²) in [5, 5.41) is 8.06. The number of hydrogen-bond donors (Lipinski definition) is 1. The second-order valence-corrected chi connectivity index (χ2v) is 5.83. The van der Waals surface area contributed by atoms with E-state index in [1.807, 2.05) is 0 Å². The van der Waals surface area contributed by atoms with E-state index in [1.54, 1.807) is 11.3 Å². The summed E-state index contributed by atoms with van der Waals surface area (Å²) in [7, 11) is 0. The van der Waals surface area contributed by atoms with Crippen LogP contribution in [-0.2, 0) is 4.74 Å². The molecule has 0 saturated carbocycles. The van der Waals surface area contributed by atoms with Gasteiger partial charge in [0, 0.05) is 28.4 Å². The van der Waals surface area contributed by atoms with Gasteiger partial charge in [0.2, 0.25) is 0 Å². The van der Waals surface area contributed by atoms with Crippen LogP contribution in [0.1, 0.15) is 31.4 Å². The van der Waals surface area contributed by atoms with E-state index in [-0.39, 0.29) is 0 Å². The fourth-order valence-electron chi connectivity index (χ4n) is 2.16. The molecule has 1 aliphatic heterocycles. The van der Waals surface area contributed by atoms with E-state index in [0.29, 0.717) is 12.0 Å². The molecule has 4 heteroatoms. The van der Waals surface area contributed by atoms with Crippen LogP contribution in [-0.4, -0.2) is 19.8 Å². The Morgan fingerprint density at radius 3 is 3.06 bits per heavy atom. The van der Waals surface area contributed by atoms with Crippen molar-refractivity contribution >= 4 is 27.3 Å². The van der Waals surface area contributed by atoms with Crippen LogP contribution in [0.2, 0.25) is 0 Å². The number of nitrogens with one attached hydrogen (secondary N) is 1. The lowest BCUT2D eigenvalue weighted by molar-refractivity contribution is 0.176. The zero-order valence-electron chi connectivity index (χ0n) is 9.54. The molecule has 2 heterocycles. The Morgan fingerprint density at radius 1 is 1.62 bits per heavy atom. The molecule has 1 fully saturated rings. The normalized spacial score (nSPS) is 22.5. The van der Waals surface area contributed by atoms with Crippen LogP contribution in [0, 0.1) is 5.92 Å². The van der Waals surface area contributed by atoms with Crippen LogP contribution in [0.3, 0.4) is 0 Å². The second kappa shape index (κ2) is 6.15. The predicted molar refractivity (Wildman–Crippen MR) is 72.0 cm³/mol. The molecule has 90 valence electrons. The van der Waals surface area contributed by atoms with Gasteiger partial charge in [0.1, 0.15) is 0 Å². The average molecular weight is 304 g/mol. The topological polar surface area (TPSA) is 21.3 Å². The van der Waals surface area contributed by atoms with Crippen molar-refractivity contribution in [2.24, 2.45) is 5.92 Å². The largest absolute Gasteiger partial charge is 0.381 e.